The Bertz CT molecular complexity index is 1060. The van der Waals surface area contributed by atoms with Gasteiger partial charge in [-0.2, -0.15) is 13.2 Å². The number of benzene rings is 2. The lowest BCUT2D eigenvalue weighted by atomic mass is 10.1. The Morgan fingerprint density at radius 2 is 1.57 bits per heavy atom. The van der Waals surface area contributed by atoms with E-state index in [4.69, 9.17) is 0 Å². The first-order valence-corrected chi connectivity index (χ1v) is 8.39. The number of nitrogens with one attached hydrogen (secondary N) is 1. The minimum atomic E-state index is -4.77. The molecule has 2 aromatic carbocycles. The summed E-state index contributed by atoms with van der Waals surface area (Å²) in [6.07, 6.45) is -3.38. The monoisotopic (exact) mass is 425 g/mol. The molecule has 0 fully saturated rings. The third kappa shape index (κ3) is 4.37. The van der Waals surface area contributed by atoms with Crippen LogP contribution >= 0.6 is 0 Å². The maximum atomic E-state index is 13.6. The maximum Gasteiger partial charge on any atom is 0.418 e. The Morgan fingerprint density at radius 1 is 0.967 bits per heavy atom. The molecule has 3 aromatic rings. The Kier molecular flexibility index (Phi) is 5.68. The molecule has 0 aliphatic rings. The van der Waals surface area contributed by atoms with Gasteiger partial charge in [0.15, 0.2) is 11.6 Å². The number of hydrogen-bond donors (Lipinski definition) is 1. The second-order valence-electron chi connectivity index (χ2n) is 6.20. The summed E-state index contributed by atoms with van der Waals surface area (Å²) in [5.41, 5.74) is -1.78. The van der Waals surface area contributed by atoms with Gasteiger partial charge in [-0.25, -0.2) is 13.2 Å². The molecule has 0 unspecified atom stereocenters. The second-order valence-corrected chi connectivity index (χ2v) is 6.20. The van der Waals surface area contributed by atoms with Crippen LogP contribution in [0.25, 0.3) is 0 Å². The summed E-state index contributed by atoms with van der Waals surface area (Å²) in [4.78, 5) is 16.6. The first kappa shape index (κ1) is 21.2. The zero-order valence-electron chi connectivity index (χ0n) is 15.3. The van der Waals surface area contributed by atoms with Crippen LogP contribution in [0.4, 0.5) is 43.4 Å². The smallest absolute Gasteiger partial charge is 0.344 e. The lowest BCUT2D eigenvalue weighted by Gasteiger charge is -2.24. The Balaban J connectivity index is 1.84. The van der Waals surface area contributed by atoms with Crippen molar-refractivity contribution in [3.8, 4) is 0 Å². The Morgan fingerprint density at radius 3 is 2.13 bits per heavy atom. The van der Waals surface area contributed by atoms with Crippen LogP contribution < -0.4 is 10.2 Å². The van der Waals surface area contributed by atoms with Crippen LogP contribution in [-0.4, -0.2) is 17.9 Å². The van der Waals surface area contributed by atoms with E-state index in [-0.39, 0.29) is 11.4 Å². The van der Waals surface area contributed by atoms with E-state index >= 15 is 0 Å². The molecule has 0 aliphatic carbocycles. The maximum absolute atomic E-state index is 13.6. The zero-order valence-corrected chi connectivity index (χ0v) is 15.3. The van der Waals surface area contributed by atoms with E-state index in [2.05, 4.69) is 10.3 Å². The summed E-state index contributed by atoms with van der Waals surface area (Å²) < 4.78 is 80.3. The van der Waals surface area contributed by atoms with Crippen molar-refractivity contribution in [2.45, 2.75) is 6.18 Å². The number of amides is 1. The van der Waals surface area contributed by atoms with Crippen molar-refractivity contribution < 1.29 is 31.1 Å². The molecular weight excluding hydrogens is 412 g/mol. The standard InChI is InChI=1S/C20H13F6N3O/c1-29(17-7-2-11(21)8-14(17)20(24,25)26)13-5-3-12(4-6-13)28-19(30)18-15(22)9-27-10-16(18)23/h2-10H,1H3,(H,28,30). The fraction of sp³-hybridized carbons (Fsp3) is 0.100. The van der Waals surface area contributed by atoms with Gasteiger partial charge in [-0.05, 0) is 42.5 Å². The van der Waals surface area contributed by atoms with Crippen LogP contribution in [0.15, 0.2) is 54.9 Å². The lowest BCUT2D eigenvalue weighted by Crippen LogP contribution is -2.18. The van der Waals surface area contributed by atoms with Crippen LogP contribution in [0.1, 0.15) is 15.9 Å². The molecule has 0 atom stereocenters. The lowest BCUT2D eigenvalue weighted by molar-refractivity contribution is -0.137. The van der Waals surface area contributed by atoms with E-state index in [0.717, 1.165) is 12.1 Å². The molecule has 0 aliphatic heterocycles. The van der Waals surface area contributed by atoms with Crippen molar-refractivity contribution in [1.29, 1.82) is 0 Å². The highest BCUT2D eigenvalue weighted by Crippen LogP contribution is 2.39. The molecular formula is C20H13F6N3O. The number of anilines is 3. The van der Waals surface area contributed by atoms with Gasteiger partial charge < -0.3 is 10.2 Å². The number of nitrogens with zero attached hydrogens (tertiary/aromatic N) is 2. The molecule has 3 rings (SSSR count). The molecule has 1 N–H and O–H groups in total. The van der Waals surface area contributed by atoms with Crippen LogP contribution in [-0.2, 0) is 6.18 Å². The molecule has 1 heterocycles. The highest BCUT2D eigenvalue weighted by Gasteiger charge is 2.35. The molecule has 156 valence electrons. The number of carbonyl (C=O) groups is 1. The van der Waals surface area contributed by atoms with Gasteiger partial charge in [0, 0.05) is 18.4 Å². The minimum Gasteiger partial charge on any atom is -0.344 e. The van der Waals surface area contributed by atoms with Gasteiger partial charge >= 0.3 is 6.18 Å². The highest BCUT2D eigenvalue weighted by atomic mass is 19.4. The van der Waals surface area contributed by atoms with Gasteiger partial charge in [0.1, 0.15) is 11.4 Å². The van der Waals surface area contributed by atoms with E-state index in [0.29, 0.717) is 24.1 Å². The van der Waals surface area contributed by atoms with Crippen molar-refractivity contribution in [3.63, 3.8) is 0 Å². The quantitative estimate of drug-likeness (QED) is 0.559. The van der Waals surface area contributed by atoms with E-state index in [9.17, 15) is 31.1 Å². The normalized spacial score (nSPS) is 11.3. The molecule has 0 radical (unpaired) electrons. The average Bonchev–Trinajstić information content (AvgIpc) is 2.67. The molecule has 10 heteroatoms. The van der Waals surface area contributed by atoms with Gasteiger partial charge in [0.05, 0.1) is 23.6 Å². The zero-order chi connectivity index (χ0) is 22.1. The summed E-state index contributed by atoms with van der Waals surface area (Å²) in [6.45, 7) is 0. The molecule has 0 bridgehead atoms. The van der Waals surface area contributed by atoms with Crippen LogP contribution in [0.3, 0.4) is 0 Å². The Hall–Kier alpha value is -3.56. The van der Waals surface area contributed by atoms with Gasteiger partial charge in [0.25, 0.3) is 5.91 Å². The summed E-state index contributed by atoms with van der Waals surface area (Å²) in [5.74, 6) is -4.35. The number of halogens is 6. The number of rotatable bonds is 4. The average molecular weight is 425 g/mol. The third-order valence-electron chi connectivity index (χ3n) is 4.22. The number of alkyl halides is 3. The molecule has 4 nitrogen and oxygen atoms in total. The number of pyridine rings is 1. The van der Waals surface area contributed by atoms with E-state index in [1.165, 1.54) is 36.2 Å². The predicted molar refractivity (Wildman–Crippen MR) is 98.0 cm³/mol. The summed E-state index contributed by atoms with van der Waals surface area (Å²) in [5, 5.41) is 2.29. The minimum absolute atomic E-state index is 0.155. The summed E-state index contributed by atoms with van der Waals surface area (Å²) in [6, 6.07) is 7.78. The predicted octanol–water partition coefficient (Wildman–Crippen LogP) is 5.54. The van der Waals surface area contributed by atoms with Crippen LogP contribution in [0.5, 0.6) is 0 Å². The fourth-order valence-corrected chi connectivity index (χ4v) is 2.76. The molecule has 30 heavy (non-hydrogen) atoms. The molecule has 0 saturated carbocycles. The van der Waals surface area contributed by atoms with E-state index < -0.39 is 40.7 Å². The summed E-state index contributed by atoms with van der Waals surface area (Å²) >= 11 is 0. The Labute approximate surface area is 166 Å². The van der Waals surface area contributed by atoms with Crippen molar-refractivity contribution in [2.75, 3.05) is 17.3 Å². The summed E-state index contributed by atoms with van der Waals surface area (Å²) in [7, 11) is 1.36. The van der Waals surface area contributed by atoms with Crippen molar-refractivity contribution >= 4 is 23.0 Å². The third-order valence-corrected chi connectivity index (χ3v) is 4.22. The highest BCUT2D eigenvalue weighted by molar-refractivity contribution is 6.04. The van der Waals surface area contributed by atoms with E-state index in [1.807, 2.05) is 0 Å². The number of aromatic nitrogens is 1. The second kappa shape index (κ2) is 8.05. The topological polar surface area (TPSA) is 45.2 Å². The van der Waals surface area contributed by atoms with Gasteiger partial charge in [0.2, 0.25) is 0 Å². The van der Waals surface area contributed by atoms with Crippen molar-refractivity contribution in [2.24, 2.45) is 0 Å². The van der Waals surface area contributed by atoms with Gasteiger partial charge in [-0.1, -0.05) is 0 Å². The number of carbonyl (C=O) groups excluding carboxylic acids is 1. The van der Waals surface area contributed by atoms with Crippen LogP contribution in [0, 0.1) is 17.5 Å². The molecule has 1 amide bonds. The van der Waals surface area contributed by atoms with Crippen molar-refractivity contribution in [3.05, 3.63) is 83.4 Å². The first-order valence-electron chi connectivity index (χ1n) is 8.39. The first-order chi connectivity index (χ1) is 14.1. The molecule has 0 spiro atoms. The largest absolute Gasteiger partial charge is 0.418 e. The molecule has 1 aromatic heterocycles. The van der Waals surface area contributed by atoms with Crippen molar-refractivity contribution in [1.82, 2.24) is 4.98 Å². The molecule has 0 saturated heterocycles. The van der Waals surface area contributed by atoms with Crippen LogP contribution in [0.2, 0.25) is 0 Å². The fourth-order valence-electron chi connectivity index (χ4n) is 2.76. The number of hydrogen-bond acceptors (Lipinski definition) is 3. The van der Waals surface area contributed by atoms with E-state index in [1.54, 1.807) is 0 Å². The van der Waals surface area contributed by atoms with Gasteiger partial charge in [-0.15, -0.1) is 0 Å². The SMILES string of the molecule is CN(c1ccc(NC(=O)c2c(F)cncc2F)cc1)c1ccc(F)cc1C(F)(F)F. The van der Waals surface area contributed by atoms with Gasteiger partial charge in [-0.3, -0.25) is 9.78 Å².